The first-order valence-corrected chi connectivity index (χ1v) is 20.9. The first-order valence-electron chi connectivity index (χ1n) is 14.1. The molecule has 0 spiro atoms. The minimum absolute atomic E-state index is 0.277. The van der Waals surface area contributed by atoms with Crippen LogP contribution in [0.2, 0.25) is 39.3 Å². The SMILES string of the molecule is CON=C1C[C@@]2(C)C(CC[C@@H]2[C@@H](C)O[Si](C)(C)C)C2CC[C@H]3C[C@@H](O[Si](C)(C)C)CC[C@]3(C)C12. The number of fused-ring (bicyclic) bond motifs is 5. The highest BCUT2D eigenvalue weighted by atomic mass is 28.4. The molecule has 0 heterocycles. The van der Waals surface area contributed by atoms with Crippen LogP contribution < -0.4 is 0 Å². The molecule has 196 valence electrons. The maximum Gasteiger partial charge on any atom is 0.184 e. The van der Waals surface area contributed by atoms with Gasteiger partial charge >= 0.3 is 0 Å². The summed E-state index contributed by atoms with van der Waals surface area (Å²) in [5.41, 5.74) is 1.98. The molecule has 0 amide bonds. The van der Waals surface area contributed by atoms with Crippen molar-refractivity contribution in [2.45, 2.75) is 124 Å². The van der Waals surface area contributed by atoms with Gasteiger partial charge in [0.05, 0.1) is 5.71 Å². The largest absolute Gasteiger partial charge is 0.415 e. The normalized spacial score (nSPS) is 44.8. The van der Waals surface area contributed by atoms with Crippen LogP contribution in [0.4, 0.5) is 0 Å². The molecule has 0 aromatic rings. The van der Waals surface area contributed by atoms with Gasteiger partial charge in [0.15, 0.2) is 16.6 Å². The number of oxime groups is 1. The van der Waals surface area contributed by atoms with Crippen molar-refractivity contribution in [1.29, 1.82) is 0 Å². The van der Waals surface area contributed by atoms with Crippen LogP contribution in [0.25, 0.3) is 0 Å². The van der Waals surface area contributed by atoms with Crippen molar-refractivity contribution in [2.75, 3.05) is 7.11 Å². The lowest BCUT2D eigenvalue weighted by Crippen LogP contribution is -2.58. The molecule has 4 saturated carbocycles. The van der Waals surface area contributed by atoms with Crippen LogP contribution in [0.3, 0.4) is 0 Å². The Bertz CT molecular complexity index is 775. The minimum Gasteiger partial charge on any atom is -0.415 e. The van der Waals surface area contributed by atoms with E-state index < -0.39 is 16.6 Å². The third kappa shape index (κ3) is 4.99. The zero-order chi connectivity index (χ0) is 25.1. The Kier molecular flexibility index (Phi) is 7.34. The zero-order valence-electron chi connectivity index (χ0n) is 23.9. The predicted molar refractivity (Wildman–Crippen MR) is 147 cm³/mol. The summed E-state index contributed by atoms with van der Waals surface area (Å²) in [6.45, 7) is 21.6. The molecule has 0 aromatic carbocycles. The molecular weight excluding hydrogens is 454 g/mol. The molecular formula is C28H53NO3Si2. The molecule has 0 bridgehead atoms. The topological polar surface area (TPSA) is 40.0 Å². The molecule has 0 saturated heterocycles. The smallest absolute Gasteiger partial charge is 0.184 e. The molecule has 6 heteroatoms. The van der Waals surface area contributed by atoms with Crippen molar-refractivity contribution >= 4 is 22.3 Å². The number of hydrogen-bond acceptors (Lipinski definition) is 4. The number of rotatable bonds is 6. The van der Waals surface area contributed by atoms with E-state index in [4.69, 9.17) is 18.8 Å². The van der Waals surface area contributed by atoms with Gasteiger partial charge in [-0.3, -0.25) is 0 Å². The Labute approximate surface area is 212 Å². The molecule has 0 radical (unpaired) electrons. The van der Waals surface area contributed by atoms with E-state index in [9.17, 15) is 0 Å². The zero-order valence-corrected chi connectivity index (χ0v) is 25.9. The van der Waals surface area contributed by atoms with E-state index in [1.165, 1.54) is 50.7 Å². The van der Waals surface area contributed by atoms with Crippen LogP contribution in [-0.4, -0.2) is 41.7 Å². The van der Waals surface area contributed by atoms with E-state index in [1.54, 1.807) is 7.11 Å². The minimum atomic E-state index is -1.57. The van der Waals surface area contributed by atoms with Crippen molar-refractivity contribution in [3.8, 4) is 0 Å². The van der Waals surface area contributed by atoms with Gasteiger partial charge in [-0.2, -0.15) is 0 Å². The van der Waals surface area contributed by atoms with Crippen LogP contribution in [0.5, 0.6) is 0 Å². The maximum atomic E-state index is 6.68. The van der Waals surface area contributed by atoms with Crippen molar-refractivity contribution in [1.82, 2.24) is 0 Å². The van der Waals surface area contributed by atoms with Crippen molar-refractivity contribution < 1.29 is 13.7 Å². The maximum absolute atomic E-state index is 6.68. The van der Waals surface area contributed by atoms with Gasteiger partial charge in [-0.15, -0.1) is 0 Å². The van der Waals surface area contributed by atoms with Crippen LogP contribution in [-0.2, 0) is 13.7 Å². The summed E-state index contributed by atoms with van der Waals surface area (Å²) in [6, 6.07) is 0. The lowest BCUT2D eigenvalue weighted by molar-refractivity contribution is -0.0867. The molecule has 0 aliphatic heterocycles. The second-order valence-corrected chi connectivity index (χ2v) is 23.6. The van der Waals surface area contributed by atoms with Crippen molar-refractivity contribution in [3.05, 3.63) is 0 Å². The van der Waals surface area contributed by atoms with Crippen LogP contribution in [0.1, 0.15) is 72.1 Å². The molecule has 4 aliphatic rings. The van der Waals surface area contributed by atoms with Gasteiger partial charge in [-0.25, -0.2) is 0 Å². The summed E-state index contributed by atoms with van der Waals surface area (Å²) in [5, 5.41) is 4.82. The van der Waals surface area contributed by atoms with Gasteiger partial charge in [0.25, 0.3) is 0 Å². The predicted octanol–water partition coefficient (Wildman–Crippen LogP) is 7.72. The molecule has 0 aromatic heterocycles. The average molecular weight is 508 g/mol. The third-order valence-electron chi connectivity index (χ3n) is 10.2. The standard InChI is InChI=1S/C28H53NO3Si2/c1-19(31-33(5,6)7)23-13-14-24-22-12-11-20-17-21(32-34(8,9)10)15-16-27(20,2)26(22)25(29-30-4)18-28(23,24)3/h19-24,26H,11-18H2,1-10H3/t19-,20+,21+,22?,23-,24?,26?,27+,28-/m1/s1. The van der Waals surface area contributed by atoms with Crippen LogP contribution >= 0.6 is 0 Å². The highest BCUT2D eigenvalue weighted by molar-refractivity contribution is 6.70. The van der Waals surface area contributed by atoms with Gasteiger partial charge < -0.3 is 13.7 Å². The van der Waals surface area contributed by atoms with Gasteiger partial charge in [-0.1, -0.05) is 19.0 Å². The number of nitrogens with zero attached hydrogens (tertiary/aromatic N) is 1. The Balaban J connectivity index is 1.60. The van der Waals surface area contributed by atoms with E-state index in [0.29, 0.717) is 29.5 Å². The highest BCUT2D eigenvalue weighted by Gasteiger charge is 2.63. The van der Waals surface area contributed by atoms with E-state index in [0.717, 1.165) is 24.2 Å². The van der Waals surface area contributed by atoms with Gasteiger partial charge in [0, 0.05) is 18.1 Å². The van der Waals surface area contributed by atoms with Crippen LogP contribution in [0, 0.1) is 40.4 Å². The van der Waals surface area contributed by atoms with E-state index in [1.807, 2.05) is 0 Å². The summed E-state index contributed by atoms with van der Waals surface area (Å²) in [5.74, 6) is 3.48. The third-order valence-corrected chi connectivity index (χ3v) is 12.3. The summed E-state index contributed by atoms with van der Waals surface area (Å²) < 4.78 is 13.3. The Morgan fingerprint density at radius 1 is 0.912 bits per heavy atom. The summed E-state index contributed by atoms with van der Waals surface area (Å²) in [7, 11) is -1.32. The second kappa shape index (κ2) is 9.29. The highest BCUT2D eigenvalue weighted by Crippen LogP contribution is 2.67. The van der Waals surface area contributed by atoms with E-state index in [-0.39, 0.29) is 5.41 Å². The fourth-order valence-electron chi connectivity index (χ4n) is 9.33. The van der Waals surface area contributed by atoms with Crippen LogP contribution in [0.15, 0.2) is 5.16 Å². The molecule has 4 nitrogen and oxygen atoms in total. The first kappa shape index (κ1) is 26.9. The lowest BCUT2D eigenvalue weighted by Gasteiger charge is -2.61. The quantitative estimate of drug-likeness (QED) is 0.273. The number of hydrogen-bond donors (Lipinski definition) is 0. The molecule has 0 N–H and O–H groups in total. The Hall–Kier alpha value is -0.176. The second-order valence-electron chi connectivity index (χ2n) is 14.7. The molecule has 34 heavy (non-hydrogen) atoms. The molecule has 9 atom stereocenters. The Morgan fingerprint density at radius 2 is 1.62 bits per heavy atom. The van der Waals surface area contributed by atoms with E-state index >= 15 is 0 Å². The Morgan fingerprint density at radius 3 is 2.24 bits per heavy atom. The fraction of sp³-hybridized carbons (Fsp3) is 0.964. The molecule has 4 aliphatic carbocycles. The van der Waals surface area contributed by atoms with Gasteiger partial charge in [-0.05, 0) is 132 Å². The summed E-state index contributed by atoms with van der Waals surface area (Å²) in [6.07, 6.45) is 11.0. The lowest BCUT2D eigenvalue weighted by atomic mass is 9.44. The van der Waals surface area contributed by atoms with Gasteiger partial charge in [0.2, 0.25) is 0 Å². The average Bonchev–Trinajstić information content (AvgIpc) is 3.02. The van der Waals surface area contributed by atoms with Crippen molar-refractivity contribution in [2.24, 2.45) is 45.6 Å². The fourth-order valence-corrected chi connectivity index (χ4v) is 11.8. The monoisotopic (exact) mass is 507 g/mol. The first-order chi connectivity index (χ1) is 15.7. The van der Waals surface area contributed by atoms with Gasteiger partial charge in [0.1, 0.15) is 7.11 Å². The van der Waals surface area contributed by atoms with E-state index in [2.05, 4.69) is 60.1 Å². The van der Waals surface area contributed by atoms with Crippen molar-refractivity contribution in [3.63, 3.8) is 0 Å². The molecule has 3 unspecified atom stereocenters. The summed E-state index contributed by atoms with van der Waals surface area (Å²) in [4.78, 5) is 5.56. The molecule has 4 fully saturated rings. The molecule has 4 rings (SSSR count). The summed E-state index contributed by atoms with van der Waals surface area (Å²) >= 11 is 0.